The van der Waals surface area contributed by atoms with Crippen LogP contribution in [0.3, 0.4) is 0 Å². The molecule has 0 saturated carbocycles. The number of carbonyl (C=O) groups excluding carboxylic acids is 2. The minimum absolute atomic E-state index is 0.0263. The van der Waals surface area contributed by atoms with Crippen LogP contribution >= 0.6 is 0 Å². The van der Waals surface area contributed by atoms with E-state index in [9.17, 15) is 9.59 Å². The van der Waals surface area contributed by atoms with Gasteiger partial charge in [0.2, 0.25) is 11.8 Å². The first-order valence-electron chi connectivity index (χ1n) is 4.28. The van der Waals surface area contributed by atoms with Gasteiger partial charge in [0.05, 0.1) is 12.6 Å². The molecule has 3 N–H and O–H groups in total. The molecule has 0 aromatic carbocycles. The summed E-state index contributed by atoms with van der Waals surface area (Å²) >= 11 is 0. The molecule has 0 aliphatic carbocycles. The minimum Gasteiger partial charge on any atom is -0.390 e. The number of nitrogens with two attached hydrogens (primary N) is 1. The molecule has 1 fully saturated rings. The average molecular weight is 186 g/mol. The third-order valence-electron chi connectivity index (χ3n) is 2.13. The molecule has 13 heavy (non-hydrogen) atoms. The van der Waals surface area contributed by atoms with Crippen LogP contribution in [-0.4, -0.2) is 41.0 Å². The van der Waals surface area contributed by atoms with Crippen LogP contribution in [0.2, 0.25) is 0 Å². The van der Waals surface area contributed by atoms with E-state index in [0.717, 1.165) is 4.90 Å². The molecule has 1 saturated heterocycles. The Hall–Kier alpha value is -0.940. The molecule has 5 nitrogen and oxygen atoms in total. The molecule has 0 spiro atoms. The van der Waals surface area contributed by atoms with Crippen molar-refractivity contribution in [2.45, 2.75) is 19.4 Å². The Morgan fingerprint density at radius 2 is 2.31 bits per heavy atom. The van der Waals surface area contributed by atoms with Gasteiger partial charge >= 0.3 is 0 Å². The summed E-state index contributed by atoms with van der Waals surface area (Å²) < 4.78 is 0. The Bertz CT molecular complexity index is 229. The maximum Gasteiger partial charge on any atom is 0.232 e. The fraction of sp³-hybridized carbons (Fsp3) is 0.750. The summed E-state index contributed by atoms with van der Waals surface area (Å²) in [6, 6.07) is 0. The van der Waals surface area contributed by atoms with Crippen molar-refractivity contribution in [1.29, 1.82) is 0 Å². The van der Waals surface area contributed by atoms with Crippen molar-refractivity contribution in [3.05, 3.63) is 0 Å². The van der Waals surface area contributed by atoms with Crippen molar-refractivity contribution in [3.8, 4) is 0 Å². The van der Waals surface area contributed by atoms with Gasteiger partial charge in [0, 0.05) is 18.9 Å². The van der Waals surface area contributed by atoms with Crippen LogP contribution in [0.25, 0.3) is 0 Å². The third kappa shape index (κ3) is 2.05. The zero-order valence-electron chi connectivity index (χ0n) is 7.56. The summed E-state index contributed by atoms with van der Waals surface area (Å²) in [5.41, 5.74) is 5.18. The first-order chi connectivity index (χ1) is 6.06. The second-order valence-corrected chi connectivity index (χ2v) is 3.34. The van der Waals surface area contributed by atoms with E-state index in [1.807, 2.05) is 0 Å². The van der Waals surface area contributed by atoms with Crippen LogP contribution < -0.4 is 5.73 Å². The van der Waals surface area contributed by atoms with E-state index >= 15 is 0 Å². The highest BCUT2D eigenvalue weighted by atomic mass is 16.3. The molecule has 74 valence electrons. The van der Waals surface area contributed by atoms with Gasteiger partial charge in [-0.2, -0.15) is 0 Å². The summed E-state index contributed by atoms with van der Waals surface area (Å²) in [5.74, 6) is -0.681. The molecule has 1 aliphatic heterocycles. The number of rotatable bonds is 3. The Morgan fingerprint density at radius 3 is 2.69 bits per heavy atom. The van der Waals surface area contributed by atoms with Gasteiger partial charge < -0.3 is 10.8 Å². The van der Waals surface area contributed by atoms with E-state index < -0.39 is 6.10 Å². The van der Waals surface area contributed by atoms with Crippen LogP contribution in [0.4, 0.5) is 0 Å². The molecular weight excluding hydrogens is 172 g/mol. The average Bonchev–Trinajstić information content (AvgIpc) is 2.32. The maximum absolute atomic E-state index is 11.3. The lowest BCUT2D eigenvalue weighted by Crippen LogP contribution is -2.40. The largest absolute Gasteiger partial charge is 0.390 e. The lowest BCUT2D eigenvalue weighted by molar-refractivity contribution is -0.140. The highest BCUT2D eigenvalue weighted by Gasteiger charge is 2.36. The molecule has 0 bridgehead atoms. The van der Waals surface area contributed by atoms with Gasteiger partial charge in [-0.1, -0.05) is 6.92 Å². The first kappa shape index (κ1) is 10.1. The summed E-state index contributed by atoms with van der Waals surface area (Å²) in [7, 11) is 0. The Kier molecular flexibility index (Phi) is 3.00. The van der Waals surface area contributed by atoms with Gasteiger partial charge in [-0.05, 0) is 0 Å². The molecule has 1 aliphatic rings. The second kappa shape index (κ2) is 3.85. The summed E-state index contributed by atoms with van der Waals surface area (Å²) in [6.07, 6.45) is -0.561. The number of nitrogens with zero attached hydrogens (tertiary/aromatic N) is 1. The lowest BCUT2D eigenvalue weighted by Gasteiger charge is -2.17. The minimum atomic E-state index is -0.807. The molecule has 2 atom stereocenters. The van der Waals surface area contributed by atoms with Gasteiger partial charge in [0.1, 0.15) is 0 Å². The van der Waals surface area contributed by atoms with E-state index in [1.54, 1.807) is 6.92 Å². The number of aliphatic hydroxyl groups is 1. The summed E-state index contributed by atoms with van der Waals surface area (Å²) in [5, 5.41) is 9.17. The van der Waals surface area contributed by atoms with Crippen molar-refractivity contribution in [2.75, 3.05) is 13.1 Å². The summed E-state index contributed by atoms with van der Waals surface area (Å²) in [6.45, 7) is 1.79. The van der Waals surface area contributed by atoms with E-state index in [4.69, 9.17) is 10.8 Å². The number of likely N-dealkylation sites (tertiary alicyclic amines) is 1. The molecule has 0 aromatic rings. The van der Waals surface area contributed by atoms with Crippen LogP contribution in [0.1, 0.15) is 13.3 Å². The van der Waals surface area contributed by atoms with E-state index in [0.29, 0.717) is 0 Å². The van der Waals surface area contributed by atoms with Crippen molar-refractivity contribution >= 4 is 11.8 Å². The summed E-state index contributed by atoms with van der Waals surface area (Å²) in [4.78, 5) is 23.6. The van der Waals surface area contributed by atoms with Crippen LogP contribution in [0.15, 0.2) is 0 Å². The fourth-order valence-electron chi connectivity index (χ4n) is 1.33. The maximum atomic E-state index is 11.3. The van der Waals surface area contributed by atoms with Gasteiger partial charge in [-0.3, -0.25) is 14.5 Å². The molecule has 1 unspecified atom stereocenters. The van der Waals surface area contributed by atoms with Crippen LogP contribution in [-0.2, 0) is 9.59 Å². The molecule has 5 heteroatoms. The fourth-order valence-corrected chi connectivity index (χ4v) is 1.33. The van der Waals surface area contributed by atoms with Crippen LogP contribution in [0, 0.1) is 5.92 Å². The molecular formula is C8H14N2O3. The van der Waals surface area contributed by atoms with E-state index in [1.165, 1.54) is 0 Å². The van der Waals surface area contributed by atoms with Gasteiger partial charge in [-0.15, -0.1) is 0 Å². The number of hydrogen-bond acceptors (Lipinski definition) is 4. The van der Waals surface area contributed by atoms with E-state index in [-0.39, 0.29) is 37.2 Å². The monoisotopic (exact) mass is 186 g/mol. The molecule has 0 aromatic heterocycles. The Morgan fingerprint density at radius 1 is 1.69 bits per heavy atom. The second-order valence-electron chi connectivity index (χ2n) is 3.34. The predicted molar refractivity (Wildman–Crippen MR) is 45.6 cm³/mol. The number of imide groups is 1. The van der Waals surface area contributed by atoms with Crippen molar-refractivity contribution < 1.29 is 14.7 Å². The standard InChI is InChI=1S/C8H14N2O3/c1-5-2-7(12)10(8(5)13)4-6(11)3-9/h5-6,11H,2-4,9H2,1H3/t5?,6-/m0/s1. The topological polar surface area (TPSA) is 83.6 Å². The first-order valence-corrected chi connectivity index (χ1v) is 4.28. The number of aliphatic hydroxyl groups excluding tert-OH is 1. The number of amides is 2. The zero-order valence-corrected chi connectivity index (χ0v) is 7.56. The number of carbonyl (C=O) groups is 2. The molecule has 1 rings (SSSR count). The quantitative estimate of drug-likeness (QED) is 0.537. The van der Waals surface area contributed by atoms with Gasteiger partial charge in [0.25, 0.3) is 0 Å². The van der Waals surface area contributed by atoms with Crippen molar-refractivity contribution in [2.24, 2.45) is 11.7 Å². The van der Waals surface area contributed by atoms with E-state index in [2.05, 4.69) is 0 Å². The SMILES string of the molecule is CC1CC(=O)N(C[C@@H](O)CN)C1=O. The normalized spacial score (nSPS) is 25.5. The number of hydrogen-bond donors (Lipinski definition) is 2. The van der Waals surface area contributed by atoms with Gasteiger partial charge in [0.15, 0.2) is 0 Å². The van der Waals surface area contributed by atoms with Crippen molar-refractivity contribution in [1.82, 2.24) is 4.90 Å². The molecule has 0 radical (unpaired) electrons. The highest BCUT2D eigenvalue weighted by molar-refractivity contribution is 6.03. The highest BCUT2D eigenvalue weighted by Crippen LogP contribution is 2.18. The number of β-amino-alcohol motifs (C(OH)–C–C–N with tert-alkyl or cyclic N) is 1. The molecule has 2 amide bonds. The smallest absolute Gasteiger partial charge is 0.232 e. The zero-order chi connectivity index (χ0) is 10.0. The van der Waals surface area contributed by atoms with Crippen LogP contribution in [0.5, 0.6) is 0 Å². The molecule has 1 heterocycles. The third-order valence-corrected chi connectivity index (χ3v) is 2.13. The van der Waals surface area contributed by atoms with Crippen molar-refractivity contribution in [3.63, 3.8) is 0 Å². The Labute approximate surface area is 76.5 Å². The van der Waals surface area contributed by atoms with Gasteiger partial charge in [-0.25, -0.2) is 0 Å². The Balaban J connectivity index is 2.59. The lowest BCUT2D eigenvalue weighted by atomic mass is 10.1. The predicted octanol–water partition coefficient (Wildman–Crippen LogP) is -1.30.